The smallest absolute Gasteiger partial charge is 0.731 e. The Morgan fingerprint density at radius 1 is 1.80 bits per heavy atom. The van der Waals surface area contributed by atoms with Gasteiger partial charge in [-0.2, -0.15) is 11.1 Å². The Hall–Kier alpha value is 1.40. The first-order valence-corrected chi connectivity index (χ1v) is 5.21. The van der Waals surface area contributed by atoms with E-state index in [9.17, 15) is 0 Å². The fourth-order valence-corrected chi connectivity index (χ4v) is 0. The van der Waals surface area contributed by atoms with Gasteiger partial charge in [0.15, 0.2) is 0 Å². The summed E-state index contributed by atoms with van der Waals surface area (Å²) in [6.07, 6.45) is 0. The Morgan fingerprint density at radius 3 is 1.80 bits per heavy atom. The van der Waals surface area contributed by atoms with Gasteiger partial charge in [-0.05, 0) is 0 Å². The van der Waals surface area contributed by atoms with E-state index in [2.05, 4.69) is 8.38 Å². The average molecular weight is 116 g/mol. The molecule has 0 radical (unpaired) electrons. The van der Waals surface area contributed by atoms with Crippen molar-refractivity contribution in [2.45, 2.75) is 6.55 Å². The predicted octanol–water partition coefficient (Wildman–Crippen LogP) is -1.24. The minimum absolute atomic E-state index is 0. The van der Waals surface area contributed by atoms with Crippen molar-refractivity contribution < 1.29 is 18.9 Å². The molecule has 0 aromatic heterocycles. The SMILES string of the molecule is C[Si](=[P-])Cl.[Li+]. The van der Waals surface area contributed by atoms with Crippen molar-refractivity contribution in [3.05, 3.63) is 0 Å². The summed E-state index contributed by atoms with van der Waals surface area (Å²) in [5.41, 5.74) is 0. The third-order valence-corrected chi connectivity index (χ3v) is 0. The van der Waals surface area contributed by atoms with Gasteiger partial charge in [-0.1, -0.05) is 13.9 Å². The first kappa shape index (κ1) is 9.64. The summed E-state index contributed by atoms with van der Waals surface area (Å²) in [4.78, 5) is 0. The molecule has 0 atom stereocenters. The van der Waals surface area contributed by atoms with Crippen LogP contribution in [0.15, 0.2) is 0 Å². The molecule has 0 saturated heterocycles. The Bertz CT molecular complexity index is 34.6. The van der Waals surface area contributed by atoms with Crippen LogP contribution in [0.4, 0.5) is 0 Å². The third kappa shape index (κ3) is 31.8. The predicted molar refractivity (Wildman–Crippen MR) is 24.4 cm³/mol. The monoisotopic (exact) mass is 116 g/mol. The molecule has 0 aromatic carbocycles. The molecule has 0 rings (SSSR count). The zero-order valence-electron chi connectivity index (χ0n) is 3.33. The van der Waals surface area contributed by atoms with Crippen LogP contribution in [-0.4, -0.2) is 7.36 Å². The standard InChI is InChI=1S/CH3ClPSi.Li/c1-4(2)3;/h1H3;/q-1;+1. The fourth-order valence-electron chi connectivity index (χ4n) is 0. The molecular weight excluding hydrogens is 113 g/mol. The molecule has 0 spiro atoms. The van der Waals surface area contributed by atoms with Crippen LogP contribution in [0.1, 0.15) is 0 Å². The van der Waals surface area contributed by atoms with E-state index in [0.29, 0.717) is 0 Å². The molecule has 0 saturated carbocycles. The van der Waals surface area contributed by atoms with Gasteiger partial charge in [0.1, 0.15) is 0 Å². The summed E-state index contributed by atoms with van der Waals surface area (Å²) in [7, 11) is 3.12. The van der Waals surface area contributed by atoms with Crippen LogP contribution in [0.2, 0.25) is 6.55 Å². The number of halogens is 1. The third-order valence-electron chi connectivity index (χ3n) is 0. The molecule has 4 heteroatoms. The Morgan fingerprint density at radius 2 is 1.80 bits per heavy atom. The summed E-state index contributed by atoms with van der Waals surface area (Å²) < 4.78 is 0. The van der Waals surface area contributed by atoms with Crippen LogP contribution in [-0.2, 0) is 0 Å². The summed E-state index contributed by atoms with van der Waals surface area (Å²) in [6.45, 7) is 1.90. The van der Waals surface area contributed by atoms with Crippen molar-refractivity contribution in [2.24, 2.45) is 0 Å². The van der Waals surface area contributed by atoms with Gasteiger partial charge < -0.3 is 8.38 Å². The van der Waals surface area contributed by atoms with Crippen LogP contribution in [0.25, 0.3) is 0 Å². The van der Waals surface area contributed by atoms with Gasteiger partial charge in [0, 0.05) is 0 Å². The zero-order valence-corrected chi connectivity index (χ0v) is 5.98. The molecule has 0 heterocycles. The Kier molecular flexibility index (Phi) is 10.4. The van der Waals surface area contributed by atoms with Crippen LogP contribution >= 0.6 is 19.5 Å². The van der Waals surface area contributed by atoms with Gasteiger partial charge in [-0.15, -0.1) is 0 Å². The molecule has 0 fully saturated rings. The number of hydrogen-bond donors (Lipinski definition) is 0. The summed E-state index contributed by atoms with van der Waals surface area (Å²) >= 11 is 5.24. The Balaban J connectivity index is 0. The average Bonchev–Trinajstić information content (AvgIpc) is 0.811. The van der Waals surface area contributed by atoms with Crippen molar-refractivity contribution >= 4 is 26.8 Å². The molecule has 0 bridgehead atoms. The maximum atomic E-state index is 5.24. The maximum absolute atomic E-state index is 5.24. The van der Waals surface area contributed by atoms with Crippen LogP contribution < -0.4 is 18.9 Å². The molecule has 5 heavy (non-hydrogen) atoms. The molecule has 0 amide bonds. The van der Waals surface area contributed by atoms with Crippen LogP contribution in [0, 0.1) is 0 Å². The van der Waals surface area contributed by atoms with Gasteiger partial charge >= 0.3 is 18.9 Å². The van der Waals surface area contributed by atoms with Crippen LogP contribution in [0.3, 0.4) is 0 Å². The van der Waals surface area contributed by atoms with Gasteiger partial charge in [0.25, 0.3) is 0 Å². The van der Waals surface area contributed by atoms with Crippen molar-refractivity contribution in [1.82, 2.24) is 0 Å². The molecule has 0 aliphatic rings. The van der Waals surface area contributed by atoms with Gasteiger partial charge in [-0.3, -0.25) is 0 Å². The van der Waals surface area contributed by atoms with E-state index < -0.39 is 7.36 Å². The van der Waals surface area contributed by atoms with E-state index in [0.717, 1.165) is 0 Å². The summed E-state index contributed by atoms with van der Waals surface area (Å²) in [5, 5.41) is 0. The molecule has 0 aliphatic heterocycles. The second-order valence-electron chi connectivity index (χ2n) is 0.497. The van der Waals surface area contributed by atoms with Gasteiger partial charge in [-0.25, -0.2) is 0 Å². The second-order valence-corrected chi connectivity index (χ2v) is 6.00. The summed E-state index contributed by atoms with van der Waals surface area (Å²) in [6, 6.07) is 0. The van der Waals surface area contributed by atoms with Crippen molar-refractivity contribution in [1.29, 1.82) is 0 Å². The van der Waals surface area contributed by atoms with Crippen molar-refractivity contribution in [3.63, 3.8) is 0 Å². The molecule has 24 valence electrons. The topological polar surface area (TPSA) is 0 Å². The van der Waals surface area contributed by atoms with E-state index in [1.807, 2.05) is 6.55 Å². The van der Waals surface area contributed by atoms with Gasteiger partial charge in [0.2, 0.25) is 0 Å². The number of hydrogen-bond acceptors (Lipinski definition) is 0. The van der Waals surface area contributed by atoms with E-state index in [1.54, 1.807) is 0 Å². The first-order chi connectivity index (χ1) is 1.73. The first-order valence-electron chi connectivity index (χ1n) is 0.913. The minimum atomic E-state index is -0.713. The molecule has 0 N–H and O–H groups in total. The molecule has 0 aliphatic carbocycles. The van der Waals surface area contributed by atoms with Crippen LogP contribution in [0.5, 0.6) is 0 Å². The normalized spacial score (nSPS) is 5.20. The molecule has 0 nitrogen and oxygen atoms in total. The zero-order chi connectivity index (χ0) is 3.58. The fraction of sp³-hybridized carbons (Fsp3) is 1.00. The Labute approximate surface area is 52.4 Å². The number of rotatable bonds is 0. The molecular formula is CH3ClLiPSi. The maximum Gasteiger partial charge on any atom is 1.00 e. The second kappa shape index (κ2) is 5.40. The van der Waals surface area contributed by atoms with Crippen molar-refractivity contribution in [3.8, 4) is 0 Å². The summed E-state index contributed by atoms with van der Waals surface area (Å²) in [5.74, 6) is 0. The molecule has 0 aromatic rings. The quantitative estimate of drug-likeness (QED) is 0.211. The van der Waals surface area contributed by atoms with E-state index in [-0.39, 0.29) is 18.9 Å². The van der Waals surface area contributed by atoms with E-state index in [1.165, 1.54) is 0 Å². The van der Waals surface area contributed by atoms with E-state index >= 15 is 0 Å². The minimum Gasteiger partial charge on any atom is -0.731 e. The molecule has 0 unspecified atom stereocenters. The van der Waals surface area contributed by atoms with E-state index in [4.69, 9.17) is 11.1 Å². The van der Waals surface area contributed by atoms with Crippen molar-refractivity contribution in [2.75, 3.05) is 0 Å². The largest absolute Gasteiger partial charge is 1.00 e. The van der Waals surface area contributed by atoms with Gasteiger partial charge in [0.05, 0.1) is 0 Å².